The van der Waals surface area contributed by atoms with Crippen molar-refractivity contribution in [2.75, 3.05) is 7.05 Å². The van der Waals surface area contributed by atoms with E-state index in [1.807, 2.05) is 27.0 Å². The smallest absolute Gasteiger partial charge is 0.142 e. The van der Waals surface area contributed by atoms with E-state index in [9.17, 15) is 0 Å². The summed E-state index contributed by atoms with van der Waals surface area (Å²) in [4.78, 5) is 14.2. The molecule has 0 aliphatic heterocycles. The molecule has 0 spiro atoms. The van der Waals surface area contributed by atoms with Crippen LogP contribution in [0.25, 0.3) is 10.7 Å². The van der Waals surface area contributed by atoms with Crippen LogP contribution in [0.2, 0.25) is 0 Å². The number of thiazole rings is 1. The average Bonchev–Trinajstić information content (AvgIpc) is 2.61. The number of aromatic nitrogens is 3. The number of hydrogen-bond donors (Lipinski definition) is 1. The zero-order valence-corrected chi connectivity index (χ0v) is 10.4. The fraction of sp³-hybridized carbons (Fsp3) is 0.364. The summed E-state index contributed by atoms with van der Waals surface area (Å²) < 4.78 is 0. The molecule has 0 fully saturated rings. The van der Waals surface area contributed by atoms with Crippen LogP contribution in [0.5, 0.6) is 0 Å². The first-order valence-corrected chi connectivity index (χ1v) is 5.93. The maximum Gasteiger partial charge on any atom is 0.142 e. The first-order valence-electron chi connectivity index (χ1n) is 5.11. The zero-order chi connectivity index (χ0) is 11.5. The molecule has 0 aromatic carbocycles. The van der Waals surface area contributed by atoms with E-state index in [4.69, 9.17) is 0 Å². The third kappa shape index (κ3) is 2.25. The average molecular weight is 234 g/mol. The van der Waals surface area contributed by atoms with Gasteiger partial charge in [0.1, 0.15) is 16.5 Å². The third-order valence-corrected chi connectivity index (χ3v) is 3.41. The summed E-state index contributed by atoms with van der Waals surface area (Å²) in [6.45, 7) is 4.77. The Morgan fingerprint density at radius 3 is 2.81 bits per heavy atom. The Kier molecular flexibility index (Phi) is 3.26. The van der Waals surface area contributed by atoms with E-state index in [1.165, 1.54) is 4.88 Å². The van der Waals surface area contributed by atoms with Crippen LogP contribution in [0, 0.1) is 13.8 Å². The van der Waals surface area contributed by atoms with Crippen LogP contribution in [0.3, 0.4) is 0 Å². The number of hydrogen-bond acceptors (Lipinski definition) is 5. The molecule has 0 saturated carbocycles. The van der Waals surface area contributed by atoms with E-state index in [1.54, 1.807) is 17.5 Å². The van der Waals surface area contributed by atoms with Crippen LogP contribution in [0.15, 0.2) is 12.3 Å². The van der Waals surface area contributed by atoms with Gasteiger partial charge in [0.15, 0.2) is 0 Å². The van der Waals surface area contributed by atoms with Gasteiger partial charge in [-0.2, -0.15) is 0 Å². The van der Waals surface area contributed by atoms with Gasteiger partial charge in [-0.15, -0.1) is 11.3 Å². The maximum absolute atomic E-state index is 4.53. The molecular weight excluding hydrogens is 220 g/mol. The molecule has 2 aromatic heterocycles. The van der Waals surface area contributed by atoms with Crippen molar-refractivity contribution in [3.8, 4) is 10.7 Å². The monoisotopic (exact) mass is 234 g/mol. The Hall–Kier alpha value is -1.33. The molecule has 0 aliphatic carbocycles. The summed E-state index contributed by atoms with van der Waals surface area (Å²) in [6, 6.07) is 1.90. The highest BCUT2D eigenvalue weighted by Gasteiger charge is 2.09. The highest BCUT2D eigenvalue weighted by molar-refractivity contribution is 7.15. The summed E-state index contributed by atoms with van der Waals surface area (Å²) in [5.74, 6) is 0.778. The minimum absolute atomic E-state index is 0.778. The Morgan fingerprint density at radius 1 is 1.31 bits per heavy atom. The third-order valence-electron chi connectivity index (χ3n) is 2.23. The lowest BCUT2D eigenvalue weighted by Gasteiger charge is -1.95. The van der Waals surface area contributed by atoms with Gasteiger partial charge in [0, 0.05) is 17.6 Å². The van der Waals surface area contributed by atoms with Crippen LogP contribution in [-0.4, -0.2) is 22.0 Å². The summed E-state index contributed by atoms with van der Waals surface area (Å²) in [5.41, 5.74) is 1.98. The van der Waals surface area contributed by atoms with Gasteiger partial charge in [0.25, 0.3) is 0 Å². The zero-order valence-electron chi connectivity index (χ0n) is 9.61. The first-order chi connectivity index (χ1) is 7.70. The molecule has 16 heavy (non-hydrogen) atoms. The molecule has 84 valence electrons. The lowest BCUT2D eigenvalue weighted by atomic mass is 10.4. The molecule has 0 bridgehead atoms. The predicted octanol–water partition coefficient (Wildman–Crippen LogP) is 1.94. The fourth-order valence-corrected chi connectivity index (χ4v) is 2.48. The summed E-state index contributed by atoms with van der Waals surface area (Å²) in [7, 11) is 1.94. The van der Waals surface area contributed by atoms with Crippen LogP contribution in [0.1, 0.15) is 16.4 Å². The van der Waals surface area contributed by atoms with Gasteiger partial charge in [-0.25, -0.2) is 15.0 Å². The van der Waals surface area contributed by atoms with E-state index in [0.717, 1.165) is 28.8 Å². The maximum atomic E-state index is 4.53. The summed E-state index contributed by atoms with van der Waals surface area (Å²) >= 11 is 1.68. The lowest BCUT2D eigenvalue weighted by Crippen LogP contribution is -2.04. The summed E-state index contributed by atoms with van der Waals surface area (Å²) in [6.07, 6.45) is 1.77. The molecule has 0 saturated heterocycles. The van der Waals surface area contributed by atoms with E-state index < -0.39 is 0 Å². The first kappa shape index (κ1) is 11.2. The van der Waals surface area contributed by atoms with E-state index >= 15 is 0 Å². The Morgan fingerprint density at radius 2 is 2.12 bits per heavy atom. The number of aryl methyl sites for hydroxylation is 2. The fourth-order valence-electron chi connectivity index (χ4n) is 1.44. The van der Waals surface area contributed by atoms with E-state index in [-0.39, 0.29) is 0 Å². The molecule has 5 heteroatoms. The Balaban J connectivity index is 2.37. The topological polar surface area (TPSA) is 50.7 Å². The number of nitrogens with one attached hydrogen (secondary N) is 1. The van der Waals surface area contributed by atoms with Gasteiger partial charge in [0.2, 0.25) is 0 Å². The second-order valence-electron chi connectivity index (χ2n) is 3.55. The quantitative estimate of drug-likeness (QED) is 0.881. The van der Waals surface area contributed by atoms with Crippen LogP contribution in [0.4, 0.5) is 0 Å². The van der Waals surface area contributed by atoms with Crippen LogP contribution in [-0.2, 0) is 6.54 Å². The molecule has 2 heterocycles. The molecule has 2 rings (SSSR count). The standard InChI is InChI=1S/C11H14N4S/c1-7-10(6-12-3)16-11(14-7)9-4-5-13-8(2)15-9/h4-5,12H,6H2,1-3H3. The van der Waals surface area contributed by atoms with E-state index in [2.05, 4.69) is 20.3 Å². The van der Waals surface area contributed by atoms with E-state index in [0.29, 0.717) is 0 Å². The molecule has 0 aliphatic rings. The van der Waals surface area contributed by atoms with Crippen molar-refractivity contribution in [3.63, 3.8) is 0 Å². The Bertz CT molecular complexity index is 492. The van der Waals surface area contributed by atoms with Crippen molar-refractivity contribution in [2.24, 2.45) is 0 Å². The predicted molar refractivity (Wildman–Crippen MR) is 65.4 cm³/mol. The van der Waals surface area contributed by atoms with Crippen molar-refractivity contribution in [1.82, 2.24) is 20.3 Å². The summed E-state index contributed by atoms with van der Waals surface area (Å²) in [5, 5.41) is 4.10. The number of nitrogens with zero attached hydrogens (tertiary/aromatic N) is 3. The van der Waals surface area contributed by atoms with Gasteiger partial charge >= 0.3 is 0 Å². The Labute approximate surface area is 98.8 Å². The molecule has 0 unspecified atom stereocenters. The molecule has 0 atom stereocenters. The van der Waals surface area contributed by atoms with Gasteiger partial charge in [-0.05, 0) is 27.0 Å². The molecule has 4 nitrogen and oxygen atoms in total. The van der Waals surface area contributed by atoms with Crippen molar-refractivity contribution in [2.45, 2.75) is 20.4 Å². The minimum Gasteiger partial charge on any atom is -0.315 e. The second kappa shape index (κ2) is 4.67. The van der Waals surface area contributed by atoms with Crippen molar-refractivity contribution in [1.29, 1.82) is 0 Å². The minimum atomic E-state index is 0.778. The van der Waals surface area contributed by atoms with Crippen molar-refractivity contribution in [3.05, 3.63) is 28.7 Å². The lowest BCUT2D eigenvalue weighted by molar-refractivity contribution is 0.823. The molecular formula is C11H14N4S. The van der Waals surface area contributed by atoms with Gasteiger partial charge < -0.3 is 5.32 Å². The molecule has 0 radical (unpaired) electrons. The molecule has 0 amide bonds. The molecule has 2 aromatic rings. The van der Waals surface area contributed by atoms with Gasteiger partial charge in [-0.1, -0.05) is 0 Å². The normalized spacial score (nSPS) is 10.7. The van der Waals surface area contributed by atoms with Crippen LogP contribution >= 0.6 is 11.3 Å². The van der Waals surface area contributed by atoms with Gasteiger partial charge in [-0.3, -0.25) is 0 Å². The second-order valence-corrected chi connectivity index (χ2v) is 4.63. The van der Waals surface area contributed by atoms with Crippen molar-refractivity contribution >= 4 is 11.3 Å². The van der Waals surface area contributed by atoms with Crippen LogP contribution < -0.4 is 5.32 Å². The molecule has 1 N–H and O–H groups in total. The van der Waals surface area contributed by atoms with Crippen molar-refractivity contribution < 1.29 is 0 Å². The number of rotatable bonds is 3. The highest BCUT2D eigenvalue weighted by Crippen LogP contribution is 2.26. The largest absolute Gasteiger partial charge is 0.315 e. The highest BCUT2D eigenvalue weighted by atomic mass is 32.1. The SMILES string of the molecule is CNCc1sc(-c2ccnc(C)n2)nc1C. The van der Waals surface area contributed by atoms with Gasteiger partial charge in [0.05, 0.1) is 5.69 Å².